The van der Waals surface area contributed by atoms with Gasteiger partial charge in [-0.3, -0.25) is 0 Å². The van der Waals surface area contributed by atoms with Gasteiger partial charge >= 0.3 is 0 Å². The number of alkyl halides is 6. The molecule has 0 radical (unpaired) electrons. The number of halogens is 8. The zero-order chi connectivity index (χ0) is 12.3. The Morgan fingerprint density at radius 2 is 0.938 bits per heavy atom. The summed E-state index contributed by atoms with van der Waals surface area (Å²) in [6.07, 6.45) is 0. The largest absolute Gasteiger partial charge is 0.130 e. The second-order valence-electron chi connectivity index (χ2n) is 4.17. The summed E-state index contributed by atoms with van der Waals surface area (Å²) in [5, 5.41) is -0.829. The van der Waals surface area contributed by atoms with Gasteiger partial charge in [0.2, 0.25) is 0 Å². The highest BCUT2D eigenvalue weighted by molar-refractivity contribution is 6.68. The molecule has 90 valence electrons. The second kappa shape index (κ2) is 3.04. The van der Waals surface area contributed by atoms with E-state index in [1.54, 1.807) is 0 Å². The molecule has 0 amide bonds. The maximum absolute atomic E-state index is 6.37. The Balaban J connectivity index is 2.24. The molecule has 6 atom stereocenters. The smallest absolute Gasteiger partial charge is 0.119 e. The van der Waals surface area contributed by atoms with Gasteiger partial charge in [0.05, 0.1) is 20.8 Å². The van der Waals surface area contributed by atoms with Crippen LogP contribution < -0.4 is 0 Å². The van der Waals surface area contributed by atoms with Gasteiger partial charge in [0, 0.05) is 0 Å². The molecule has 0 nitrogen and oxygen atoms in total. The van der Waals surface area contributed by atoms with E-state index in [0.717, 1.165) is 0 Å². The van der Waals surface area contributed by atoms with Crippen molar-refractivity contribution in [3.05, 3.63) is 10.1 Å². The standard InChI is InChI=1S/C8H2Cl8/c9-1-2(10)6(14)5(1,13)7(15)3(11)4(12)8(6,7)16/h1-2H/t1-,2+,5-,6+,7+,8-. The molecule has 0 bridgehead atoms. The fraction of sp³-hybridized carbons (Fsp3) is 0.750. The van der Waals surface area contributed by atoms with Crippen molar-refractivity contribution in [2.75, 3.05) is 0 Å². The van der Waals surface area contributed by atoms with Gasteiger partial charge in [0.25, 0.3) is 0 Å². The van der Waals surface area contributed by atoms with E-state index < -0.39 is 30.3 Å². The van der Waals surface area contributed by atoms with E-state index in [4.69, 9.17) is 92.8 Å². The lowest BCUT2D eigenvalue weighted by atomic mass is 9.39. The van der Waals surface area contributed by atoms with Crippen LogP contribution >= 0.6 is 92.8 Å². The van der Waals surface area contributed by atoms with Crippen LogP contribution in [0.15, 0.2) is 10.1 Å². The highest BCUT2D eigenvalue weighted by Crippen LogP contribution is 2.89. The molecule has 0 aromatic heterocycles. The van der Waals surface area contributed by atoms with Crippen molar-refractivity contribution < 1.29 is 0 Å². The number of hydrogen-bond donors (Lipinski definition) is 0. The third kappa shape index (κ3) is 0.742. The first-order valence-corrected chi connectivity index (χ1v) is 7.37. The van der Waals surface area contributed by atoms with Crippen molar-refractivity contribution >= 4 is 92.8 Å². The first kappa shape index (κ1) is 13.1. The van der Waals surface area contributed by atoms with Crippen molar-refractivity contribution in [2.24, 2.45) is 0 Å². The Hall–Kier alpha value is 2.06. The summed E-state index contributed by atoms with van der Waals surface area (Å²) in [6.45, 7) is 0. The predicted octanol–water partition coefficient (Wildman–Crippen LogP) is 4.84. The molecule has 3 aliphatic rings. The van der Waals surface area contributed by atoms with Crippen LogP contribution in [0.1, 0.15) is 0 Å². The van der Waals surface area contributed by atoms with Gasteiger partial charge < -0.3 is 0 Å². The molecule has 8 heteroatoms. The molecule has 0 unspecified atom stereocenters. The molecular weight excluding hydrogens is 380 g/mol. The molecule has 2 saturated carbocycles. The van der Waals surface area contributed by atoms with E-state index in [1.165, 1.54) is 0 Å². The lowest BCUT2D eigenvalue weighted by Gasteiger charge is -2.84. The van der Waals surface area contributed by atoms with Crippen LogP contribution in [0.4, 0.5) is 0 Å². The second-order valence-corrected chi connectivity index (χ2v) is 8.19. The Kier molecular flexibility index (Phi) is 2.48. The minimum absolute atomic E-state index is 0.200. The molecule has 0 spiro atoms. The maximum Gasteiger partial charge on any atom is 0.130 e. The summed E-state index contributed by atoms with van der Waals surface area (Å²) in [6, 6.07) is 0. The Morgan fingerprint density at radius 1 is 0.688 bits per heavy atom. The topological polar surface area (TPSA) is 0 Å². The fourth-order valence-electron chi connectivity index (χ4n) is 2.89. The fourth-order valence-corrected chi connectivity index (χ4v) is 8.09. The van der Waals surface area contributed by atoms with E-state index in [1.807, 2.05) is 0 Å². The first-order valence-electron chi connectivity index (χ1n) is 4.23. The SMILES string of the molecule is ClC1=C(Cl)[C@]2(Cl)[C@@]1(Cl)[C@@]1(Cl)[C@H](Cl)[C@H](Cl)[C@@]21Cl. The third-order valence-corrected chi connectivity index (χ3v) is 10.1. The summed E-state index contributed by atoms with van der Waals surface area (Å²) in [4.78, 5) is -4.81. The molecule has 3 rings (SSSR count). The van der Waals surface area contributed by atoms with E-state index in [0.29, 0.717) is 0 Å². The molecule has 3 aliphatic carbocycles. The van der Waals surface area contributed by atoms with Crippen LogP contribution in [0.2, 0.25) is 0 Å². The number of rotatable bonds is 0. The van der Waals surface area contributed by atoms with Gasteiger partial charge in [-0.2, -0.15) is 0 Å². The van der Waals surface area contributed by atoms with Gasteiger partial charge in [-0.1, -0.05) is 23.2 Å². The Labute approximate surface area is 132 Å². The summed E-state index contributed by atoms with van der Waals surface area (Å²) in [5.41, 5.74) is 0. The number of hydrogen-bond acceptors (Lipinski definition) is 0. The minimum atomic E-state index is -1.23. The summed E-state index contributed by atoms with van der Waals surface area (Å²) in [5.74, 6) is 0. The third-order valence-electron chi connectivity index (χ3n) is 3.82. The molecule has 0 aliphatic heterocycles. The van der Waals surface area contributed by atoms with Crippen molar-refractivity contribution in [1.29, 1.82) is 0 Å². The minimum Gasteiger partial charge on any atom is -0.119 e. The lowest BCUT2D eigenvalue weighted by Crippen LogP contribution is -3.03. The molecule has 2 fully saturated rings. The molecule has 0 saturated heterocycles. The quantitative estimate of drug-likeness (QED) is 0.527. The molecular formula is C8H2Cl8. The molecule has 16 heavy (non-hydrogen) atoms. The van der Waals surface area contributed by atoms with Gasteiger partial charge in [0.15, 0.2) is 0 Å². The van der Waals surface area contributed by atoms with Crippen molar-refractivity contribution in [3.63, 3.8) is 0 Å². The van der Waals surface area contributed by atoms with Gasteiger partial charge in [-0.15, -0.1) is 69.6 Å². The summed E-state index contributed by atoms with van der Waals surface area (Å²) in [7, 11) is 0. The summed E-state index contributed by atoms with van der Waals surface area (Å²) >= 11 is 49.5. The number of allylic oxidation sites excluding steroid dienone is 2. The molecule has 0 aromatic carbocycles. The zero-order valence-electron chi connectivity index (χ0n) is 7.18. The summed E-state index contributed by atoms with van der Waals surface area (Å²) < 4.78 is 0. The van der Waals surface area contributed by atoms with Gasteiger partial charge in [-0.25, -0.2) is 0 Å². The monoisotopic (exact) mass is 378 g/mol. The number of fused-ring (bicyclic) bond motifs is 4. The van der Waals surface area contributed by atoms with E-state index >= 15 is 0 Å². The van der Waals surface area contributed by atoms with E-state index in [9.17, 15) is 0 Å². The van der Waals surface area contributed by atoms with Crippen LogP contribution in [0.3, 0.4) is 0 Å². The van der Waals surface area contributed by atoms with E-state index in [2.05, 4.69) is 0 Å². The first-order chi connectivity index (χ1) is 7.13. The average Bonchev–Trinajstić information content (AvgIpc) is 2.30. The van der Waals surface area contributed by atoms with Crippen LogP contribution in [0.5, 0.6) is 0 Å². The highest BCUT2D eigenvalue weighted by Gasteiger charge is 3.02. The van der Waals surface area contributed by atoms with E-state index in [-0.39, 0.29) is 10.1 Å². The van der Waals surface area contributed by atoms with Crippen molar-refractivity contribution in [2.45, 2.75) is 30.3 Å². The average molecular weight is 382 g/mol. The highest BCUT2D eigenvalue weighted by atomic mass is 35.5. The van der Waals surface area contributed by atoms with Crippen LogP contribution in [0, 0.1) is 0 Å². The van der Waals surface area contributed by atoms with Gasteiger partial charge in [0.1, 0.15) is 19.5 Å². The van der Waals surface area contributed by atoms with Gasteiger partial charge in [-0.05, 0) is 0 Å². The maximum atomic E-state index is 6.37. The lowest BCUT2D eigenvalue weighted by molar-refractivity contribution is 0.0328. The van der Waals surface area contributed by atoms with Crippen molar-refractivity contribution in [1.82, 2.24) is 0 Å². The van der Waals surface area contributed by atoms with Crippen LogP contribution in [-0.2, 0) is 0 Å². The Bertz CT molecular complexity index is 407. The molecule has 0 heterocycles. The zero-order valence-corrected chi connectivity index (χ0v) is 13.2. The Morgan fingerprint density at radius 3 is 1.19 bits per heavy atom. The predicted molar refractivity (Wildman–Crippen MR) is 72.4 cm³/mol. The van der Waals surface area contributed by atoms with Crippen LogP contribution in [0.25, 0.3) is 0 Å². The molecule has 0 aromatic rings. The van der Waals surface area contributed by atoms with Crippen LogP contribution in [-0.4, -0.2) is 30.3 Å². The normalized spacial score (nSPS) is 67.5. The molecule has 0 N–H and O–H groups in total. The van der Waals surface area contributed by atoms with Crippen molar-refractivity contribution in [3.8, 4) is 0 Å².